The molecule has 3 heterocycles. The predicted molar refractivity (Wildman–Crippen MR) is 102 cm³/mol. The molecule has 6 heteroatoms. The number of rotatable bonds is 5. The van der Waals surface area contributed by atoms with Crippen LogP contribution in [0.25, 0.3) is 11.3 Å². The molecule has 1 aliphatic rings. The Labute approximate surface area is 158 Å². The van der Waals surface area contributed by atoms with Gasteiger partial charge in [0.2, 0.25) is 0 Å². The molecule has 1 aromatic carbocycles. The highest BCUT2D eigenvalue weighted by Gasteiger charge is 2.23. The topological polar surface area (TPSA) is 43.2 Å². The van der Waals surface area contributed by atoms with Crippen molar-refractivity contribution in [2.75, 3.05) is 19.7 Å². The van der Waals surface area contributed by atoms with Gasteiger partial charge in [-0.25, -0.2) is 4.39 Å². The first-order valence-electron chi connectivity index (χ1n) is 9.29. The number of morpholine rings is 1. The number of halogens is 1. The Bertz CT molecular complexity index is 910. The van der Waals surface area contributed by atoms with Gasteiger partial charge in [0.15, 0.2) is 0 Å². The van der Waals surface area contributed by atoms with Crippen LogP contribution in [0.5, 0.6) is 0 Å². The van der Waals surface area contributed by atoms with E-state index in [1.54, 1.807) is 6.07 Å². The average molecular weight is 366 g/mol. The summed E-state index contributed by atoms with van der Waals surface area (Å²) < 4.78 is 21.4. The van der Waals surface area contributed by atoms with E-state index in [4.69, 9.17) is 9.72 Å². The largest absolute Gasteiger partial charge is 0.369 e. The molecule has 0 spiro atoms. The van der Waals surface area contributed by atoms with E-state index in [-0.39, 0.29) is 11.9 Å². The fraction of sp³-hybridized carbons (Fsp3) is 0.333. The normalized spacial score (nSPS) is 17.9. The highest BCUT2D eigenvalue weighted by molar-refractivity contribution is 5.59. The number of aromatic nitrogens is 3. The molecule has 0 saturated carbocycles. The second kappa shape index (κ2) is 7.98. The van der Waals surface area contributed by atoms with Crippen molar-refractivity contribution in [1.82, 2.24) is 19.7 Å². The molecule has 4 rings (SSSR count). The molecule has 0 amide bonds. The lowest BCUT2D eigenvalue weighted by Crippen LogP contribution is -2.38. The molecule has 0 radical (unpaired) electrons. The van der Waals surface area contributed by atoms with Gasteiger partial charge in [-0.05, 0) is 31.2 Å². The van der Waals surface area contributed by atoms with Crippen molar-refractivity contribution in [3.63, 3.8) is 0 Å². The van der Waals surface area contributed by atoms with Gasteiger partial charge in [0.1, 0.15) is 11.9 Å². The predicted octanol–water partition coefficient (Wildman–Crippen LogP) is 3.68. The zero-order chi connectivity index (χ0) is 18.6. The molecule has 2 aromatic heterocycles. The second-order valence-corrected chi connectivity index (χ2v) is 6.76. The zero-order valence-corrected chi connectivity index (χ0v) is 15.4. The van der Waals surface area contributed by atoms with Gasteiger partial charge in [-0.3, -0.25) is 14.6 Å². The molecule has 0 N–H and O–H groups in total. The van der Waals surface area contributed by atoms with Crippen LogP contribution in [-0.2, 0) is 17.8 Å². The summed E-state index contributed by atoms with van der Waals surface area (Å²) in [6.45, 7) is 6.14. The highest BCUT2D eigenvalue weighted by atomic mass is 19.1. The van der Waals surface area contributed by atoms with Gasteiger partial charge in [0.05, 0.1) is 24.2 Å². The third kappa shape index (κ3) is 4.23. The number of hydrogen-bond donors (Lipinski definition) is 0. The van der Waals surface area contributed by atoms with Crippen LogP contribution >= 0.6 is 0 Å². The lowest BCUT2D eigenvalue weighted by molar-refractivity contribution is -0.0349. The molecule has 1 aliphatic heterocycles. The smallest absolute Gasteiger partial charge is 0.123 e. The lowest BCUT2D eigenvalue weighted by Gasteiger charge is -2.32. The van der Waals surface area contributed by atoms with Gasteiger partial charge in [-0.2, -0.15) is 5.10 Å². The maximum absolute atomic E-state index is 13.5. The van der Waals surface area contributed by atoms with E-state index in [0.29, 0.717) is 6.61 Å². The molecule has 1 fully saturated rings. The van der Waals surface area contributed by atoms with E-state index in [0.717, 1.165) is 43.1 Å². The van der Waals surface area contributed by atoms with E-state index in [1.165, 1.54) is 17.7 Å². The van der Waals surface area contributed by atoms with Crippen LogP contribution in [0.1, 0.15) is 24.3 Å². The van der Waals surface area contributed by atoms with Crippen molar-refractivity contribution < 1.29 is 9.13 Å². The Morgan fingerprint density at radius 1 is 1.22 bits per heavy atom. The van der Waals surface area contributed by atoms with Crippen molar-refractivity contribution in [3.8, 4) is 11.3 Å². The van der Waals surface area contributed by atoms with Gasteiger partial charge in [0.25, 0.3) is 0 Å². The van der Waals surface area contributed by atoms with E-state index in [1.807, 2.05) is 35.1 Å². The van der Waals surface area contributed by atoms with Crippen LogP contribution in [0.3, 0.4) is 0 Å². The Kier molecular flexibility index (Phi) is 5.27. The molecule has 0 bridgehead atoms. The molecule has 140 valence electrons. The molecule has 5 nitrogen and oxygen atoms in total. The van der Waals surface area contributed by atoms with Crippen molar-refractivity contribution >= 4 is 0 Å². The van der Waals surface area contributed by atoms with Crippen LogP contribution in [0.4, 0.5) is 4.39 Å². The molecule has 0 unspecified atom stereocenters. The second-order valence-electron chi connectivity index (χ2n) is 6.76. The first-order valence-corrected chi connectivity index (χ1v) is 9.29. The Morgan fingerprint density at radius 2 is 2.11 bits per heavy atom. The summed E-state index contributed by atoms with van der Waals surface area (Å²) in [7, 11) is 0. The van der Waals surface area contributed by atoms with Crippen molar-refractivity contribution in [3.05, 3.63) is 71.9 Å². The summed E-state index contributed by atoms with van der Waals surface area (Å²) >= 11 is 0. The summed E-state index contributed by atoms with van der Waals surface area (Å²) in [5.74, 6) is -0.257. The number of nitrogens with zero attached hydrogens (tertiary/aromatic N) is 4. The summed E-state index contributed by atoms with van der Waals surface area (Å²) in [4.78, 5) is 7.09. The van der Waals surface area contributed by atoms with E-state index >= 15 is 0 Å². The van der Waals surface area contributed by atoms with Gasteiger partial charge >= 0.3 is 0 Å². The Morgan fingerprint density at radius 3 is 2.93 bits per heavy atom. The minimum absolute atomic E-state index is 0.0894. The number of hydrogen-bond acceptors (Lipinski definition) is 4. The molecular weight excluding hydrogens is 343 g/mol. The number of aryl methyl sites for hydroxylation is 1. The molecular formula is C21H23FN4O. The van der Waals surface area contributed by atoms with Gasteiger partial charge in [-0.1, -0.05) is 18.2 Å². The Hall–Kier alpha value is -2.57. The van der Waals surface area contributed by atoms with Crippen LogP contribution in [-0.4, -0.2) is 39.4 Å². The molecule has 27 heavy (non-hydrogen) atoms. The fourth-order valence-electron chi connectivity index (χ4n) is 3.38. The third-order valence-electron chi connectivity index (χ3n) is 4.79. The standard InChI is InChI=1S/C21H23FN4O/c1-2-26-14-16(12-23-26)13-25-9-10-27-21(15-25)20-8-4-7-19(24-20)17-5-3-6-18(22)11-17/h3-8,11-12,14,21H,2,9-10,13,15H2,1H3/t21-/m1/s1. The highest BCUT2D eigenvalue weighted by Crippen LogP contribution is 2.25. The van der Waals surface area contributed by atoms with Crippen molar-refractivity contribution in [1.29, 1.82) is 0 Å². The average Bonchev–Trinajstić information content (AvgIpc) is 3.16. The molecule has 1 atom stereocenters. The monoisotopic (exact) mass is 366 g/mol. The maximum atomic E-state index is 13.5. The van der Waals surface area contributed by atoms with Crippen LogP contribution in [0, 0.1) is 5.82 Å². The van der Waals surface area contributed by atoms with Crippen LogP contribution < -0.4 is 0 Å². The quantitative estimate of drug-likeness (QED) is 0.691. The third-order valence-corrected chi connectivity index (χ3v) is 4.79. The SMILES string of the molecule is CCn1cc(CN2CCO[C@@H](c3cccc(-c4cccc(F)c4)n3)C2)cn1. The minimum atomic E-state index is -0.257. The van der Waals surface area contributed by atoms with Gasteiger partial charge < -0.3 is 4.74 Å². The summed E-state index contributed by atoms with van der Waals surface area (Å²) in [5, 5.41) is 4.35. The van der Waals surface area contributed by atoms with E-state index in [9.17, 15) is 4.39 Å². The summed E-state index contributed by atoms with van der Waals surface area (Å²) in [5.41, 5.74) is 3.62. The first kappa shape index (κ1) is 17.8. The number of ether oxygens (including phenoxy) is 1. The van der Waals surface area contributed by atoms with Gasteiger partial charge in [-0.15, -0.1) is 0 Å². The van der Waals surface area contributed by atoms with Crippen LogP contribution in [0.15, 0.2) is 54.9 Å². The lowest BCUT2D eigenvalue weighted by atomic mass is 10.1. The number of pyridine rings is 1. The number of benzene rings is 1. The summed E-state index contributed by atoms with van der Waals surface area (Å²) in [6.07, 6.45) is 3.93. The van der Waals surface area contributed by atoms with Crippen molar-refractivity contribution in [2.45, 2.75) is 26.1 Å². The fourth-order valence-corrected chi connectivity index (χ4v) is 3.38. The Balaban J connectivity index is 1.48. The van der Waals surface area contributed by atoms with E-state index < -0.39 is 0 Å². The minimum Gasteiger partial charge on any atom is -0.369 e. The molecule has 0 aliphatic carbocycles. The van der Waals surface area contributed by atoms with Crippen molar-refractivity contribution in [2.24, 2.45) is 0 Å². The molecule has 3 aromatic rings. The summed E-state index contributed by atoms with van der Waals surface area (Å²) in [6, 6.07) is 12.4. The van der Waals surface area contributed by atoms with E-state index in [2.05, 4.69) is 23.1 Å². The maximum Gasteiger partial charge on any atom is 0.123 e. The van der Waals surface area contributed by atoms with Crippen LogP contribution in [0.2, 0.25) is 0 Å². The zero-order valence-electron chi connectivity index (χ0n) is 15.4. The molecule has 1 saturated heterocycles. The first-order chi connectivity index (χ1) is 13.2. The van der Waals surface area contributed by atoms with Gasteiger partial charge in [0, 0.05) is 43.5 Å².